The fraction of sp³-hybridized carbons (Fsp3) is 0.467. The van der Waals surface area contributed by atoms with Crippen molar-refractivity contribution in [3.05, 3.63) is 35.7 Å². The molecule has 1 saturated heterocycles. The largest absolute Gasteiger partial charge is 0.420 e. The third-order valence-corrected chi connectivity index (χ3v) is 5.21. The minimum Gasteiger partial charge on any atom is -0.420 e. The molecule has 0 amide bonds. The van der Waals surface area contributed by atoms with Crippen molar-refractivity contribution in [3.63, 3.8) is 0 Å². The second-order valence-corrected chi connectivity index (χ2v) is 7.75. The number of sulfonamides is 1. The van der Waals surface area contributed by atoms with Crippen LogP contribution < -0.4 is 0 Å². The molecule has 7 heteroatoms. The third kappa shape index (κ3) is 3.20. The highest BCUT2D eigenvalue weighted by Crippen LogP contribution is 2.29. The van der Waals surface area contributed by atoms with Crippen molar-refractivity contribution < 1.29 is 12.8 Å². The highest BCUT2D eigenvalue weighted by atomic mass is 32.2. The van der Waals surface area contributed by atoms with E-state index < -0.39 is 10.0 Å². The molecule has 22 heavy (non-hydrogen) atoms. The van der Waals surface area contributed by atoms with Gasteiger partial charge in [-0.1, -0.05) is 17.7 Å². The number of benzene rings is 1. The Bertz CT molecular complexity index is 753. The molecule has 1 aliphatic rings. The first-order valence-corrected chi connectivity index (χ1v) is 9.14. The van der Waals surface area contributed by atoms with Gasteiger partial charge in [0.15, 0.2) is 0 Å². The molecule has 0 N–H and O–H groups in total. The van der Waals surface area contributed by atoms with Crippen LogP contribution in [0.1, 0.15) is 30.2 Å². The molecule has 1 aromatic carbocycles. The minimum absolute atomic E-state index is 0.0322. The molecular weight excluding hydrogens is 302 g/mol. The van der Waals surface area contributed by atoms with Crippen molar-refractivity contribution in [1.82, 2.24) is 14.5 Å². The van der Waals surface area contributed by atoms with Gasteiger partial charge in [-0.2, -0.15) is 0 Å². The Balaban J connectivity index is 1.80. The van der Waals surface area contributed by atoms with Gasteiger partial charge < -0.3 is 4.42 Å². The van der Waals surface area contributed by atoms with Crippen LogP contribution in [-0.4, -0.2) is 42.3 Å². The molecule has 1 fully saturated rings. The zero-order valence-electron chi connectivity index (χ0n) is 12.7. The molecule has 1 aliphatic heterocycles. The maximum absolute atomic E-state index is 11.7. The molecule has 0 saturated carbocycles. The summed E-state index contributed by atoms with van der Waals surface area (Å²) in [4.78, 5) is 0. The van der Waals surface area contributed by atoms with Crippen molar-refractivity contribution in [1.29, 1.82) is 0 Å². The lowest BCUT2D eigenvalue weighted by atomic mass is 10.00. The average molecular weight is 321 g/mol. The van der Waals surface area contributed by atoms with Crippen LogP contribution in [0.4, 0.5) is 0 Å². The van der Waals surface area contributed by atoms with Crippen LogP contribution in [-0.2, 0) is 10.0 Å². The summed E-state index contributed by atoms with van der Waals surface area (Å²) in [5.41, 5.74) is 2.04. The van der Waals surface area contributed by atoms with Crippen LogP contribution in [0, 0.1) is 6.92 Å². The van der Waals surface area contributed by atoms with E-state index in [1.54, 1.807) is 0 Å². The van der Waals surface area contributed by atoms with E-state index in [0.29, 0.717) is 24.9 Å². The number of aromatic nitrogens is 2. The van der Waals surface area contributed by atoms with Crippen molar-refractivity contribution in [3.8, 4) is 11.5 Å². The Labute approximate surface area is 130 Å². The SMILES string of the molecule is Cc1ccc(-c2nnc([C@@H]3CCCN(S(C)(=O)=O)C3)o2)cc1. The lowest BCUT2D eigenvalue weighted by molar-refractivity contribution is 0.287. The molecule has 1 aromatic heterocycles. The highest BCUT2D eigenvalue weighted by Gasteiger charge is 2.30. The Morgan fingerprint density at radius 2 is 1.95 bits per heavy atom. The summed E-state index contributed by atoms with van der Waals surface area (Å²) in [5.74, 6) is 0.963. The number of piperidine rings is 1. The Morgan fingerprint density at radius 3 is 2.64 bits per heavy atom. The van der Waals surface area contributed by atoms with Crippen molar-refractivity contribution >= 4 is 10.0 Å². The summed E-state index contributed by atoms with van der Waals surface area (Å²) >= 11 is 0. The van der Waals surface area contributed by atoms with Gasteiger partial charge in [0.1, 0.15) is 0 Å². The van der Waals surface area contributed by atoms with Gasteiger partial charge in [-0.05, 0) is 31.9 Å². The quantitative estimate of drug-likeness (QED) is 0.866. The molecule has 0 unspecified atom stereocenters. The Hall–Kier alpha value is -1.73. The van der Waals surface area contributed by atoms with Crippen LogP contribution in [0.15, 0.2) is 28.7 Å². The number of nitrogens with zero attached hydrogens (tertiary/aromatic N) is 3. The standard InChI is InChI=1S/C15H19N3O3S/c1-11-5-7-12(8-6-11)14-16-17-15(21-14)13-4-3-9-18(10-13)22(2,19)20/h5-8,13H,3-4,9-10H2,1-2H3/t13-/m1/s1. The van der Waals surface area contributed by atoms with Gasteiger partial charge in [-0.15, -0.1) is 10.2 Å². The predicted molar refractivity (Wildman–Crippen MR) is 82.9 cm³/mol. The van der Waals surface area contributed by atoms with E-state index in [9.17, 15) is 8.42 Å². The predicted octanol–water partition coefficient (Wildman–Crippen LogP) is 2.18. The maximum atomic E-state index is 11.7. The molecule has 0 radical (unpaired) electrons. The van der Waals surface area contributed by atoms with Crippen LogP contribution in [0.25, 0.3) is 11.5 Å². The van der Waals surface area contributed by atoms with E-state index >= 15 is 0 Å². The fourth-order valence-corrected chi connectivity index (χ4v) is 3.57. The highest BCUT2D eigenvalue weighted by molar-refractivity contribution is 7.88. The second kappa shape index (κ2) is 5.81. The molecule has 2 heterocycles. The van der Waals surface area contributed by atoms with E-state index in [1.165, 1.54) is 16.1 Å². The molecule has 1 atom stereocenters. The first-order valence-electron chi connectivity index (χ1n) is 7.29. The van der Waals surface area contributed by atoms with Crippen LogP contribution in [0.3, 0.4) is 0 Å². The summed E-state index contributed by atoms with van der Waals surface area (Å²) in [7, 11) is -3.17. The van der Waals surface area contributed by atoms with Gasteiger partial charge in [0.2, 0.25) is 21.8 Å². The molecule has 6 nitrogen and oxygen atoms in total. The summed E-state index contributed by atoms with van der Waals surface area (Å²) in [6.07, 6.45) is 2.91. The maximum Gasteiger partial charge on any atom is 0.247 e. The van der Waals surface area contributed by atoms with Crippen molar-refractivity contribution in [2.45, 2.75) is 25.7 Å². The normalized spacial score (nSPS) is 20.2. The van der Waals surface area contributed by atoms with E-state index in [4.69, 9.17) is 4.42 Å². The Kier molecular flexibility index (Phi) is 4.01. The molecule has 0 spiro atoms. The van der Waals surface area contributed by atoms with Gasteiger partial charge in [0.05, 0.1) is 12.2 Å². The van der Waals surface area contributed by atoms with Gasteiger partial charge in [-0.3, -0.25) is 0 Å². The van der Waals surface area contributed by atoms with Crippen molar-refractivity contribution in [2.75, 3.05) is 19.3 Å². The molecular formula is C15H19N3O3S. The van der Waals surface area contributed by atoms with Gasteiger partial charge >= 0.3 is 0 Å². The number of aryl methyl sites for hydroxylation is 1. The minimum atomic E-state index is -3.17. The fourth-order valence-electron chi connectivity index (χ4n) is 2.66. The number of hydrogen-bond donors (Lipinski definition) is 0. The molecule has 2 aromatic rings. The first-order chi connectivity index (χ1) is 10.4. The topological polar surface area (TPSA) is 76.3 Å². The van der Waals surface area contributed by atoms with E-state index in [-0.39, 0.29) is 5.92 Å². The van der Waals surface area contributed by atoms with Gasteiger partial charge in [-0.25, -0.2) is 12.7 Å². The molecule has 0 bridgehead atoms. The summed E-state index contributed by atoms with van der Waals surface area (Å²) in [5, 5.41) is 8.21. The molecule has 3 rings (SSSR count). The monoisotopic (exact) mass is 321 g/mol. The summed E-state index contributed by atoms with van der Waals surface area (Å²) in [6.45, 7) is 2.99. The molecule has 118 valence electrons. The van der Waals surface area contributed by atoms with Gasteiger partial charge in [0, 0.05) is 18.7 Å². The van der Waals surface area contributed by atoms with E-state index in [0.717, 1.165) is 18.4 Å². The lowest BCUT2D eigenvalue weighted by Gasteiger charge is -2.28. The summed E-state index contributed by atoms with van der Waals surface area (Å²) in [6, 6.07) is 7.86. The first kappa shape index (κ1) is 15.2. The molecule has 0 aliphatic carbocycles. The number of rotatable bonds is 3. The zero-order chi connectivity index (χ0) is 15.7. The smallest absolute Gasteiger partial charge is 0.247 e. The van der Waals surface area contributed by atoms with Crippen molar-refractivity contribution in [2.24, 2.45) is 0 Å². The van der Waals surface area contributed by atoms with Crippen LogP contribution in [0.5, 0.6) is 0 Å². The number of hydrogen-bond acceptors (Lipinski definition) is 5. The summed E-state index contributed by atoms with van der Waals surface area (Å²) < 4.78 is 30.6. The average Bonchev–Trinajstić information content (AvgIpc) is 2.97. The third-order valence-electron chi connectivity index (χ3n) is 3.94. The zero-order valence-corrected chi connectivity index (χ0v) is 13.5. The van der Waals surface area contributed by atoms with E-state index in [2.05, 4.69) is 10.2 Å². The van der Waals surface area contributed by atoms with Crippen LogP contribution in [0.2, 0.25) is 0 Å². The second-order valence-electron chi connectivity index (χ2n) is 5.77. The van der Waals surface area contributed by atoms with Crippen LogP contribution >= 0.6 is 0 Å². The Morgan fingerprint density at radius 1 is 1.23 bits per heavy atom. The van der Waals surface area contributed by atoms with E-state index in [1.807, 2.05) is 31.2 Å². The lowest BCUT2D eigenvalue weighted by Crippen LogP contribution is -2.38. The van der Waals surface area contributed by atoms with Gasteiger partial charge in [0.25, 0.3) is 0 Å².